The quantitative estimate of drug-likeness (QED) is 0.868. The molecule has 1 aliphatic heterocycles. The normalized spacial score (nSPS) is 25.9. The van der Waals surface area contributed by atoms with Crippen LogP contribution in [0.3, 0.4) is 0 Å². The molecule has 0 amide bonds. The molecule has 1 aromatic rings. The number of rotatable bonds is 4. The average Bonchev–Trinajstić information content (AvgIpc) is 3.00. The second-order valence-electron chi connectivity index (χ2n) is 7.05. The van der Waals surface area contributed by atoms with E-state index in [1.807, 2.05) is 37.4 Å². The van der Waals surface area contributed by atoms with Crippen LogP contribution in [0.5, 0.6) is 0 Å². The van der Waals surface area contributed by atoms with Crippen molar-refractivity contribution < 1.29 is 14.6 Å². The molecule has 3 rings (SSSR count). The fourth-order valence-electron chi connectivity index (χ4n) is 3.96. The number of ether oxygens (including phenoxy) is 1. The van der Waals surface area contributed by atoms with Gasteiger partial charge >= 0.3 is 5.97 Å². The van der Waals surface area contributed by atoms with Gasteiger partial charge in [0.15, 0.2) is 5.60 Å². The number of carbonyl (C=O) groups is 1. The third kappa shape index (κ3) is 3.43. The highest BCUT2D eigenvalue weighted by molar-refractivity contribution is 5.81. The van der Waals surface area contributed by atoms with Crippen molar-refractivity contribution in [1.82, 2.24) is 4.90 Å². The van der Waals surface area contributed by atoms with Crippen molar-refractivity contribution in [2.75, 3.05) is 20.1 Å². The molecule has 0 spiro atoms. The summed E-state index contributed by atoms with van der Waals surface area (Å²) in [6.45, 7) is 1.69. The first-order valence-electron chi connectivity index (χ1n) is 8.78. The van der Waals surface area contributed by atoms with E-state index in [1.54, 1.807) is 0 Å². The zero-order chi connectivity index (χ0) is 16.3. The Morgan fingerprint density at radius 1 is 1.17 bits per heavy atom. The minimum atomic E-state index is -1.51. The van der Waals surface area contributed by atoms with E-state index in [9.17, 15) is 9.90 Å². The number of likely N-dealkylation sites (N-methyl/N-ethyl adjacent to an activating group) is 1. The summed E-state index contributed by atoms with van der Waals surface area (Å²) in [6, 6.07) is 9.34. The van der Waals surface area contributed by atoms with Crippen LogP contribution in [0.4, 0.5) is 0 Å². The van der Waals surface area contributed by atoms with Crippen LogP contribution in [-0.2, 0) is 15.1 Å². The van der Waals surface area contributed by atoms with Crippen LogP contribution < -0.4 is 0 Å². The standard InChI is InChI=1S/C19H27NO3/c1-20-13-12-17(14-20)23-18(21)19(22,15-8-4-2-5-9-15)16-10-6-3-7-11-16/h2,4-5,8-9,16-17,22H,3,6-7,10-14H2,1H3/t17-,19-/m1/s1. The van der Waals surface area contributed by atoms with E-state index < -0.39 is 11.6 Å². The van der Waals surface area contributed by atoms with E-state index in [4.69, 9.17) is 4.74 Å². The van der Waals surface area contributed by atoms with Crippen molar-refractivity contribution in [2.24, 2.45) is 5.92 Å². The Bertz CT molecular complexity index is 527. The predicted molar refractivity (Wildman–Crippen MR) is 88.9 cm³/mol. The molecule has 1 N–H and O–H groups in total. The molecule has 0 bridgehead atoms. The Morgan fingerprint density at radius 2 is 1.87 bits per heavy atom. The van der Waals surface area contributed by atoms with Crippen LogP contribution in [0.1, 0.15) is 44.1 Å². The number of esters is 1. The summed E-state index contributed by atoms with van der Waals surface area (Å²) in [5, 5.41) is 11.4. The Kier molecular flexibility index (Phi) is 5.02. The lowest BCUT2D eigenvalue weighted by Gasteiger charge is -2.37. The van der Waals surface area contributed by atoms with Gasteiger partial charge in [-0.2, -0.15) is 0 Å². The second kappa shape index (κ2) is 7.02. The first kappa shape index (κ1) is 16.5. The molecule has 1 aliphatic carbocycles. The number of hydrogen-bond donors (Lipinski definition) is 1. The lowest BCUT2D eigenvalue weighted by Crippen LogP contribution is -2.46. The highest BCUT2D eigenvalue weighted by Crippen LogP contribution is 2.40. The maximum Gasteiger partial charge on any atom is 0.343 e. The van der Waals surface area contributed by atoms with Crippen molar-refractivity contribution >= 4 is 5.97 Å². The first-order valence-corrected chi connectivity index (χ1v) is 8.78. The molecule has 23 heavy (non-hydrogen) atoms. The monoisotopic (exact) mass is 317 g/mol. The lowest BCUT2D eigenvalue weighted by molar-refractivity contribution is -0.180. The second-order valence-corrected chi connectivity index (χ2v) is 7.05. The van der Waals surface area contributed by atoms with Gasteiger partial charge in [-0.1, -0.05) is 49.6 Å². The van der Waals surface area contributed by atoms with Crippen LogP contribution >= 0.6 is 0 Å². The molecular weight excluding hydrogens is 290 g/mol. The Hall–Kier alpha value is -1.39. The van der Waals surface area contributed by atoms with Gasteiger partial charge < -0.3 is 14.7 Å². The molecule has 2 aliphatic rings. The molecule has 126 valence electrons. The van der Waals surface area contributed by atoms with Gasteiger partial charge in [-0.25, -0.2) is 4.79 Å². The van der Waals surface area contributed by atoms with Gasteiger partial charge in [-0.05, 0) is 31.9 Å². The summed E-state index contributed by atoms with van der Waals surface area (Å²) in [4.78, 5) is 15.1. The van der Waals surface area contributed by atoms with E-state index in [0.29, 0.717) is 5.56 Å². The molecule has 4 nitrogen and oxygen atoms in total. The van der Waals surface area contributed by atoms with Crippen LogP contribution in [0.15, 0.2) is 30.3 Å². The molecule has 2 atom stereocenters. The number of nitrogens with zero attached hydrogens (tertiary/aromatic N) is 1. The van der Waals surface area contributed by atoms with Crippen LogP contribution in [0, 0.1) is 5.92 Å². The van der Waals surface area contributed by atoms with E-state index in [-0.39, 0.29) is 12.0 Å². The average molecular weight is 317 g/mol. The number of benzene rings is 1. The van der Waals surface area contributed by atoms with E-state index in [0.717, 1.165) is 45.2 Å². The Morgan fingerprint density at radius 3 is 2.48 bits per heavy atom. The number of likely N-dealkylation sites (tertiary alicyclic amines) is 1. The molecular formula is C19H27NO3. The minimum Gasteiger partial charge on any atom is -0.459 e. The fourth-order valence-corrected chi connectivity index (χ4v) is 3.96. The maximum absolute atomic E-state index is 12.9. The van der Waals surface area contributed by atoms with Crippen LogP contribution in [0.25, 0.3) is 0 Å². The van der Waals surface area contributed by atoms with E-state index >= 15 is 0 Å². The number of carbonyl (C=O) groups excluding carboxylic acids is 1. The summed E-state index contributed by atoms with van der Waals surface area (Å²) in [5.74, 6) is -0.513. The molecule has 2 fully saturated rings. The highest BCUT2D eigenvalue weighted by Gasteiger charge is 2.48. The third-order valence-corrected chi connectivity index (χ3v) is 5.34. The number of aliphatic hydroxyl groups is 1. The van der Waals surface area contributed by atoms with Gasteiger partial charge in [0.1, 0.15) is 6.10 Å². The summed E-state index contributed by atoms with van der Waals surface area (Å²) in [5.41, 5.74) is -0.841. The van der Waals surface area contributed by atoms with Crippen LogP contribution in [0.2, 0.25) is 0 Å². The van der Waals surface area contributed by atoms with Gasteiger partial charge in [-0.15, -0.1) is 0 Å². The van der Waals surface area contributed by atoms with Gasteiger partial charge in [0.2, 0.25) is 0 Å². The SMILES string of the molecule is CN1CC[C@@H](OC(=O)[C@@](O)(c2ccccc2)C2CCCCC2)C1. The molecule has 0 aromatic heterocycles. The summed E-state index contributed by atoms with van der Waals surface area (Å²) in [6.07, 6.45) is 5.82. The minimum absolute atomic E-state index is 0.0507. The zero-order valence-electron chi connectivity index (χ0n) is 13.9. The number of hydrogen-bond acceptors (Lipinski definition) is 4. The molecule has 1 saturated carbocycles. The van der Waals surface area contributed by atoms with E-state index in [2.05, 4.69) is 4.90 Å². The lowest BCUT2D eigenvalue weighted by atomic mass is 9.73. The molecule has 0 radical (unpaired) electrons. The molecule has 0 unspecified atom stereocenters. The van der Waals surface area contributed by atoms with Gasteiger partial charge in [0.25, 0.3) is 0 Å². The predicted octanol–water partition coefficient (Wildman–Crippen LogP) is 2.70. The van der Waals surface area contributed by atoms with Crippen molar-refractivity contribution in [3.8, 4) is 0 Å². The molecule has 1 aromatic carbocycles. The Labute approximate surface area is 138 Å². The zero-order valence-corrected chi connectivity index (χ0v) is 13.9. The van der Waals surface area contributed by atoms with Crippen molar-refractivity contribution in [1.29, 1.82) is 0 Å². The highest BCUT2D eigenvalue weighted by atomic mass is 16.6. The van der Waals surface area contributed by atoms with Crippen molar-refractivity contribution in [3.05, 3.63) is 35.9 Å². The third-order valence-electron chi connectivity index (χ3n) is 5.34. The van der Waals surface area contributed by atoms with E-state index in [1.165, 1.54) is 6.42 Å². The van der Waals surface area contributed by atoms with Crippen LogP contribution in [-0.4, -0.2) is 42.2 Å². The topological polar surface area (TPSA) is 49.8 Å². The van der Waals surface area contributed by atoms with Crippen molar-refractivity contribution in [3.63, 3.8) is 0 Å². The summed E-state index contributed by atoms with van der Waals surface area (Å²) < 4.78 is 5.72. The maximum atomic E-state index is 12.9. The van der Waals surface area contributed by atoms with Gasteiger partial charge in [0.05, 0.1) is 0 Å². The Balaban J connectivity index is 1.83. The molecule has 4 heteroatoms. The largest absolute Gasteiger partial charge is 0.459 e. The fraction of sp³-hybridized carbons (Fsp3) is 0.632. The molecule has 1 heterocycles. The van der Waals surface area contributed by atoms with Gasteiger partial charge in [0, 0.05) is 19.0 Å². The smallest absolute Gasteiger partial charge is 0.343 e. The summed E-state index contributed by atoms with van der Waals surface area (Å²) >= 11 is 0. The molecule has 1 saturated heterocycles. The van der Waals surface area contributed by atoms with Crippen molar-refractivity contribution in [2.45, 2.75) is 50.2 Å². The first-order chi connectivity index (χ1) is 11.1. The van der Waals surface area contributed by atoms with Gasteiger partial charge in [-0.3, -0.25) is 0 Å². The summed E-state index contributed by atoms with van der Waals surface area (Å²) in [7, 11) is 2.03.